The van der Waals surface area contributed by atoms with Crippen LogP contribution in [0.2, 0.25) is 0 Å². The molecule has 0 spiro atoms. The molecule has 3 N–H and O–H groups in total. The van der Waals surface area contributed by atoms with E-state index in [2.05, 4.69) is 20.1 Å². The number of nitrogens with zero attached hydrogens (tertiary/aromatic N) is 3. The first kappa shape index (κ1) is 25.6. The lowest BCUT2D eigenvalue weighted by molar-refractivity contribution is 0.251. The third-order valence-electron chi connectivity index (χ3n) is 5.30. The van der Waals surface area contributed by atoms with Crippen LogP contribution in [0.5, 0.6) is 5.75 Å². The molecule has 0 unspecified atom stereocenters. The molecule has 2 amide bonds. The Morgan fingerprint density at radius 1 is 1.03 bits per heavy atom. The molecule has 182 valence electrons. The molecule has 0 aliphatic carbocycles. The summed E-state index contributed by atoms with van der Waals surface area (Å²) in [6.07, 6.45) is 0.556. The van der Waals surface area contributed by atoms with Crippen LogP contribution in [0.4, 0.5) is 10.5 Å². The molecule has 35 heavy (non-hydrogen) atoms. The van der Waals surface area contributed by atoms with Gasteiger partial charge in [0.05, 0.1) is 4.90 Å². The number of hydrogen-bond donors (Lipinski definition) is 3. The second kappa shape index (κ2) is 10.5. The fourth-order valence-corrected chi connectivity index (χ4v) is 4.22. The van der Waals surface area contributed by atoms with E-state index in [-0.39, 0.29) is 22.6 Å². The maximum atomic E-state index is 12.4. The van der Waals surface area contributed by atoms with E-state index in [0.29, 0.717) is 12.1 Å². The lowest BCUT2D eigenvalue weighted by atomic mass is 9.83. The van der Waals surface area contributed by atoms with Crippen LogP contribution in [0.3, 0.4) is 0 Å². The highest BCUT2D eigenvalue weighted by Crippen LogP contribution is 2.35. The molecule has 3 rings (SSSR count). The highest BCUT2D eigenvalue weighted by molar-refractivity contribution is 7.90. The van der Waals surface area contributed by atoms with Crippen LogP contribution < -0.4 is 10.6 Å². The summed E-state index contributed by atoms with van der Waals surface area (Å²) >= 11 is 0. The molecule has 0 fully saturated rings. The second-order valence-corrected chi connectivity index (χ2v) is 10.6. The van der Waals surface area contributed by atoms with Crippen molar-refractivity contribution in [1.29, 1.82) is 0 Å². The molecule has 0 saturated carbocycles. The van der Waals surface area contributed by atoms with Crippen molar-refractivity contribution in [3.05, 3.63) is 99.4 Å². The van der Waals surface area contributed by atoms with Gasteiger partial charge in [0.25, 0.3) is 10.0 Å². The van der Waals surface area contributed by atoms with Gasteiger partial charge < -0.3 is 15.7 Å². The van der Waals surface area contributed by atoms with Crippen molar-refractivity contribution in [3.63, 3.8) is 0 Å². The van der Waals surface area contributed by atoms with Crippen LogP contribution in [0.25, 0.3) is 10.4 Å². The fraction of sp³-hybridized carbons (Fsp3) is 0.240. The maximum Gasteiger partial charge on any atom is 0.319 e. The smallest absolute Gasteiger partial charge is 0.319 e. The van der Waals surface area contributed by atoms with Gasteiger partial charge in [-0.2, -0.15) is 0 Å². The van der Waals surface area contributed by atoms with Crippen LogP contribution in [-0.4, -0.2) is 19.6 Å². The molecular weight excluding hydrogens is 466 g/mol. The minimum atomic E-state index is -4.09. The van der Waals surface area contributed by atoms with Crippen molar-refractivity contribution in [1.82, 2.24) is 5.32 Å². The van der Waals surface area contributed by atoms with Crippen LogP contribution in [0.15, 0.2) is 76.1 Å². The lowest BCUT2D eigenvalue weighted by Gasteiger charge is -2.23. The number of phenols is 1. The van der Waals surface area contributed by atoms with Crippen LogP contribution in [-0.2, 0) is 28.4 Å². The van der Waals surface area contributed by atoms with Crippen molar-refractivity contribution in [2.24, 2.45) is 4.52 Å². The molecule has 0 atom stereocenters. The van der Waals surface area contributed by atoms with Gasteiger partial charge in [-0.25, -0.2) is 13.2 Å². The van der Waals surface area contributed by atoms with E-state index < -0.39 is 16.1 Å². The third kappa shape index (κ3) is 6.75. The largest absolute Gasteiger partial charge is 0.507 e. The Bertz CT molecular complexity index is 1360. The lowest BCUT2D eigenvalue weighted by Crippen LogP contribution is -2.28. The molecule has 3 aromatic rings. The van der Waals surface area contributed by atoms with Gasteiger partial charge in [0.2, 0.25) is 0 Å². The van der Waals surface area contributed by atoms with Gasteiger partial charge in [0.1, 0.15) is 5.75 Å². The van der Waals surface area contributed by atoms with Crippen molar-refractivity contribution < 1.29 is 18.3 Å². The number of hydrogen-bond acceptors (Lipinski definition) is 4. The Kier molecular flexibility index (Phi) is 7.68. The first-order chi connectivity index (χ1) is 16.5. The molecule has 0 bridgehead atoms. The van der Waals surface area contributed by atoms with Gasteiger partial charge in [0.15, 0.2) is 0 Å². The van der Waals surface area contributed by atoms with Crippen molar-refractivity contribution in [2.45, 2.75) is 44.0 Å². The predicted octanol–water partition coefficient (Wildman–Crippen LogP) is 5.60. The summed E-state index contributed by atoms with van der Waals surface area (Å²) in [5.74, 6) is 0.255. The number of benzene rings is 3. The average Bonchev–Trinajstić information content (AvgIpc) is 2.79. The van der Waals surface area contributed by atoms with Gasteiger partial charge in [-0.05, 0) is 69.6 Å². The molecule has 0 aliphatic heterocycles. The van der Waals surface area contributed by atoms with Gasteiger partial charge in [-0.3, -0.25) is 0 Å². The minimum Gasteiger partial charge on any atom is -0.507 e. The molecule has 0 radical (unpaired) electrons. The number of sulfonamides is 1. The summed E-state index contributed by atoms with van der Waals surface area (Å²) < 4.78 is 26.3. The number of rotatable bonds is 7. The summed E-state index contributed by atoms with van der Waals surface area (Å²) in [5, 5.41) is 16.3. The zero-order chi connectivity index (χ0) is 25.6. The number of urea groups is 1. The van der Waals surface area contributed by atoms with Gasteiger partial charge in [0, 0.05) is 28.1 Å². The van der Waals surface area contributed by atoms with Gasteiger partial charge >= 0.3 is 6.03 Å². The number of aromatic hydroxyl groups is 1. The van der Waals surface area contributed by atoms with Gasteiger partial charge in [-0.1, -0.05) is 51.1 Å². The van der Waals surface area contributed by atoms with Crippen molar-refractivity contribution in [3.8, 4) is 5.75 Å². The quantitative estimate of drug-likeness (QED) is 0.223. The summed E-state index contributed by atoms with van der Waals surface area (Å²) in [4.78, 5) is 14.6. The standard InChI is InChI=1S/C25H27N5O4S/c1-25(2,3)22-15-18(14-19(23(22)31)13-17-7-5-4-6-8-17)16-27-24(32)28-20-9-11-21(12-10-20)35(33,34)30-29-26/h4-12,14-15,31H,13,16H2,1-3H3,(H2,27,28,32). The first-order valence-electron chi connectivity index (χ1n) is 10.8. The molecule has 0 saturated heterocycles. The normalized spacial score (nSPS) is 11.4. The molecule has 3 aromatic carbocycles. The Labute approximate surface area is 204 Å². The highest BCUT2D eigenvalue weighted by atomic mass is 32.2. The maximum absolute atomic E-state index is 12.4. The van der Waals surface area contributed by atoms with E-state index in [9.17, 15) is 18.3 Å². The number of amides is 2. The zero-order valence-corrected chi connectivity index (χ0v) is 20.5. The predicted molar refractivity (Wildman–Crippen MR) is 135 cm³/mol. The molecule has 0 heterocycles. The number of nitrogens with one attached hydrogen (secondary N) is 2. The SMILES string of the molecule is CC(C)(C)c1cc(CNC(=O)Nc2ccc(S(=O)(=O)N=[N+]=[N-])cc2)cc(Cc2ccccc2)c1O. The average molecular weight is 494 g/mol. The van der Waals surface area contributed by atoms with Crippen LogP contribution in [0, 0.1) is 0 Å². The van der Waals surface area contributed by atoms with Crippen LogP contribution in [0.1, 0.15) is 43.0 Å². The van der Waals surface area contributed by atoms with Crippen molar-refractivity contribution >= 4 is 21.7 Å². The molecule has 9 nitrogen and oxygen atoms in total. The van der Waals surface area contributed by atoms with E-state index in [4.69, 9.17) is 5.53 Å². The Morgan fingerprint density at radius 2 is 1.69 bits per heavy atom. The molecule has 10 heteroatoms. The number of phenolic OH excluding ortho intramolecular Hbond substituents is 1. The van der Waals surface area contributed by atoms with Crippen molar-refractivity contribution in [2.75, 3.05) is 5.32 Å². The topological polar surface area (TPSA) is 144 Å². The second-order valence-electron chi connectivity index (χ2n) is 9.04. The minimum absolute atomic E-state index is 0.175. The van der Waals surface area contributed by atoms with Crippen LogP contribution >= 0.6 is 0 Å². The monoisotopic (exact) mass is 493 g/mol. The molecule has 0 aromatic heterocycles. The van der Waals surface area contributed by atoms with E-state index in [1.807, 2.05) is 63.2 Å². The molecular formula is C25H27N5O4S. The fourth-order valence-electron chi connectivity index (χ4n) is 3.55. The Balaban J connectivity index is 1.74. The van der Waals surface area contributed by atoms with E-state index in [1.165, 1.54) is 24.3 Å². The van der Waals surface area contributed by atoms with E-state index in [0.717, 1.165) is 22.3 Å². The summed E-state index contributed by atoms with van der Waals surface area (Å²) in [5.41, 5.74) is 11.9. The highest BCUT2D eigenvalue weighted by Gasteiger charge is 2.21. The van der Waals surface area contributed by atoms with Gasteiger partial charge in [-0.15, -0.1) is 0 Å². The summed E-state index contributed by atoms with van der Waals surface area (Å²) in [6, 6.07) is 18.4. The first-order valence-corrected chi connectivity index (χ1v) is 12.3. The van der Waals surface area contributed by atoms with E-state index in [1.54, 1.807) is 0 Å². The number of azide groups is 1. The molecule has 0 aliphatic rings. The Hall–Kier alpha value is -4.01. The summed E-state index contributed by atoms with van der Waals surface area (Å²) in [7, 11) is -4.09. The Morgan fingerprint density at radius 3 is 2.29 bits per heavy atom. The number of carbonyl (C=O) groups excluding carboxylic acids is 1. The zero-order valence-electron chi connectivity index (χ0n) is 19.7. The number of carbonyl (C=O) groups is 1. The summed E-state index contributed by atoms with van der Waals surface area (Å²) in [6.45, 7) is 6.28. The van der Waals surface area contributed by atoms with E-state index >= 15 is 0 Å². The third-order valence-corrected chi connectivity index (χ3v) is 6.46. The number of anilines is 1.